The number of halogens is 1. The molecule has 1 N–H and O–H groups in total. The fourth-order valence-electron chi connectivity index (χ4n) is 2.11. The minimum Gasteiger partial charge on any atom is -0.352 e. The molecule has 88 valence electrons. The molecule has 0 aromatic carbocycles. The van der Waals surface area contributed by atoms with Gasteiger partial charge in [-0.2, -0.15) is 0 Å². The summed E-state index contributed by atoms with van der Waals surface area (Å²) in [6.07, 6.45) is 8.24. The van der Waals surface area contributed by atoms with E-state index in [9.17, 15) is 4.79 Å². The van der Waals surface area contributed by atoms with Crippen LogP contribution in [0.15, 0.2) is 0 Å². The van der Waals surface area contributed by atoms with Crippen LogP contribution >= 0.6 is 15.9 Å². The van der Waals surface area contributed by atoms with Crippen LogP contribution in [-0.4, -0.2) is 17.3 Å². The first kappa shape index (κ1) is 13.0. The van der Waals surface area contributed by atoms with E-state index < -0.39 is 0 Å². The molecule has 0 spiro atoms. The Morgan fingerprint density at radius 2 is 1.93 bits per heavy atom. The number of nitrogens with one attached hydrogen (secondary N) is 1. The van der Waals surface area contributed by atoms with Crippen molar-refractivity contribution in [3.05, 3.63) is 0 Å². The van der Waals surface area contributed by atoms with E-state index in [0.717, 1.165) is 24.6 Å². The standard InChI is InChI=1S/C12H22BrNO/c1-2-11(9-13)14-12(15)10-7-5-3-4-6-8-10/h10-11H,2-9H2,1H3,(H,14,15). The Kier molecular flexibility index (Phi) is 6.30. The molecule has 1 aliphatic carbocycles. The summed E-state index contributed by atoms with van der Waals surface area (Å²) in [5, 5.41) is 3.99. The molecule has 0 saturated heterocycles. The maximum Gasteiger partial charge on any atom is 0.223 e. The first-order valence-electron chi connectivity index (χ1n) is 6.14. The van der Waals surface area contributed by atoms with E-state index in [0.29, 0.717) is 6.04 Å². The van der Waals surface area contributed by atoms with E-state index in [1.807, 2.05) is 0 Å². The fraction of sp³-hybridized carbons (Fsp3) is 0.917. The molecule has 0 aromatic rings. The normalized spacial score (nSPS) is 20.7. The molecule has 1 saturated carbocycles. The molecule has 1 aliphatic rings. The number of rotatable bonds is 4. The average Bonchev–Trinajstić information content (AvgIpc) is 2.54. The third-order valence-electron chi connectivity index (χ3n) is 3.25. The minimum absolute atomic E-state index is 0.278. The Hall–Kier alpha value is -0.0500. The number of hydrogen-bond acceptors (Lipinski definition) is 1. The molecule has 1 unspecified atom stereocenters. The quantitative estimate of drug-likeness (QED) is 0.620. The summed E-state index contributed by atoms with van der Waals surface area (Å²) in [7, 11) is 0. The molecule has 0 bridgehead atoms. The van der Waals surface area contributed by atoms with Crippen LogP contribution in [0, 0.1) is 5.92 Å². The summed E-state index contributed by atoms with van der Waals surface area (Å²) in [5.74, 6) is 0.559. The van der Waals surface area contributed by atoms with Gasteiger partial charge >= 0.3 is 0 Å². The van der Waals surface area contributed by atoms with Crippen LogP contribution in [0.3, 0.4) is 0 Å². The van der Waals surface area contributed by atoms with E-state index in [4.69, 9.17) is 0 Å². The molecular weight excluding hydrogens is 254 g/mol. The van der Waals surface area contributed by atoms with Crippen LogP contribution in [0.1, 0.15) is 51.9 Å². The van der Waals surface area contributed by atoms with Crippen molar-refractivity contribution in [1.82, 2.24) is 5.32 Å². The predicted molar refractivity (Wildman–Crippen MR) is 67.2 cm³/mol. The second kappa shape index (κ2) is 7.26. The maximum absolute atomic E-state index is 11.9. The molecule has 1 amide bonds. The van der Waals surface area contributed by atoms with Gasteiger partial charge in [-0.15, -0.1) is 0 Å². The SMILES string of the molecule is CCC(CBr)NC(=O)C1CCCCCC1. The van der Waals surface area contributed by atoms with E-state index in [-0.39, 0.29) is 11.8 Å². The first-order chi connectivity index (χ1) is 7.27. The summed E-state index contributed by atoms with van der Waals surface area (Å²) >= 11 is 3.43. The highest BCUT2D eigenvalue weighted by Gasteiger charge is 2.21. The molecule has 2 nitrogen and oxygen atoms in total. The van der Waals surface area contributed by atoms with Crippen molar-refractivity contribution in [1.29, 1.82) is 0 Å². The topological polar surface area (TPSA) is 29.1 Å². The Balaban J connectivity index is 2.36. The number of alkyl halides is 1. The van der Waals surface area contributed by atoms with E-state index in [2.05, 4.69) is 28.2 Å². The van der Waals surface area contributed by atoms with E-state index >= 15 is 0 Å². The largest absolute Gasteiger partial charge is 0.352 e. The summed E-state index contributed by atoms with van der Waals surface area (Å²) < 4.78 is 0. The lowest BCUT2D eigenvalue weighted by Crippen LogP contribution is -2.39. The highest BCUT2D eigenvalue weighted by atomic mass is 79.9. The molecule has 0 aromatic heterocycles. The van der Waals surface area contributed by atoms with Gasteiger partial charge in [0.05, 0.1) is 0 Å². The second-order valence-electron chi connectivity index (χ2n) is 4.46. The zero-order chi connectivity index (χ0) is 11.1. The Morgan fingerprint density at radius 1 is 1.33 bits per heavy atom. The van der Waals surface area contributed by atoms with Gasteiger partial charge < -0.3 is 5.32 Å². The second-order valence-corrected chi connectivity index (χ2v) is 5.10. The Bertz CT molecular complexity index is 184. The van der Waals surface area contributed by atoms with Crippen LogP contribution < -0.4 is 5.32 Å². The molecule has 3 heteroatoms. The van der Waals surface area contributed by atoms with Crippen molar-refractivity contribution in [2.45, 2.75) is 57.9 Å². The lowest BCUT2D eigenvalue weighted by Gasteiger charge is -2.19. The van der Waals surface area contributed by atoms with Gasteiger partial charge in [0.15, 0.2) is 0 Å². The third-order valence-corrected chi connectivity index (χ3v) is 4.03. The molecule has 1 fully saturated rings. The molecule has 0 heterocycles. The number of carbonyl (C=O) groups excluding carboxylic acids is 1. The minimum atomic E-state index is 0.278. The van der Waals surface area contributed by atoms with Gasteiger partial charge in [-0.25, -0.2) is 0 Å². The molecule has 15 heavy (non-hydrogen) atoms. The predicted octanol–water partition coefficient (Wildman–Crippen LogP) is 3.25. The number of carbonyl (C=O) groups is 1. The van der Waals surface area contributed by atoms with Crippen molar-refractivity contribution in [2.75, 3.05) is 5.33 Å². The summed E-state index contributed by atoms with van der Waals surface area (Å²) in [4.78, 5) is 11.9. The average molecular weight is 276 g/mol. The smallest absolute Gasteiger partial charge is 0.223 e. The van der Waals surface area contributed by atoms with Crippen LogP contribution in [-0.2, 0) is 4.79 Å². The summed E-state index contributed by atoms with van der Waals surface area (Å²) in [5.41, 5.74) is 0. The van der Waals surface area contributed by atoms with Crippen molar-refractivity contribution in [3.63, 3.8) is 0 Å². The lowest BCUT2D eigenvalue weighted by molar-refractivity contribution is -0.126. The lowest BCUT2D eigenvalue weighted by atomic mass is 9.99. The van der Waals surface area contributed by atoms with Crippen molar-refractivity contribution in [2.24, 2.45) is 5.92 Å². The van der Waals surface area contributed by atoms with Crippen molar-refractivity contribution < 1.29 is 4.79 Å². The van der Waals surface area contributed by atoms with Gasteiger partial charge in [0.25, 0.3) is 0 Å². The molecule has 1 atom stereocenters. The van der Waals surface area contributed by atoms with Crippen LogP contribution in [0.5, 0.6) is 0 Å². The molecule has 1 rings (SSSR count). The highest BCUT2D eigenvalue weighted by molar-refractivity contribution is 9.09. The number of amides is 1. The maximum atomic E-state index is 11.9. The number of hydrogen-bond donors (Lipinski definition) is 1. The zero-order valence-corrected chi connectivity index (χ0v) is 11.2. The van der Waals surface area contributed by atoms with Gasteiger partial charge in [0.1, 0.15) is 0 Å². The summed E-state index contributed by atoms with van der Waals surface area (Å²) in [6.45, 7) is 2.11. The van der Waals surface area contributed by atoms with Gasteiger partial charge in [-0.3, -0.25) is 4.79 Å². The molecule has 0 aliphatic heterocycles. The zero-order valence-electron chi connectivity index (χ0n) is 9.60. The fourth-order valence-corrected chi connectivity index (χ4v) is 2.73. The first-order valence-corrected chi connectivity index (χ1v) is 7.26. The van der Waals surface area contributed by atoms with Gasteiger partial charge in [-0.05, 0) is 19.3 Å². The molecule has 0 radical (unpaired) electrons. The molecular formula is C12H22BrNO. The van der Waals surface area contributed by atoms with Crippen LogP contribution in [0.2, 0.25) is 0 Å². The third kappa shape index (κ3) is 4.54. The Labute approximate surface area is 101 Å². The van der Waals surface area contributed by atoms with Gasteiger partial charge in [-0.1, -0.05) is 48.5 Å². The van der Waals surface area contributed by atoms with Crippen LogP contribution in [0.4, 0.5) is 0 Å². The van der Waals surface area contributed by atoms with Crippen molar-refractivity contribution >= 4 is 21.8 Å². The van der Waals surface area contributed by atoms with Crippen LogP contribution in [0.25, 0.3) is 0 Å². The van der Waals surface area contributed by atoms with Crippen molar-refractivity contribution in [3.8, 4) is 0 Å². The van der Waals surface area contributed by atoms with E-state index in [1.165, 1.54) is 25.7 Å². The highest BCUT2D eigenvalue weighted by Crippen LogP contribution is 2.23. The Morgan fingerprint density at radius 3 is 2.40 bits per heavy atom. The van der Waals surface area contributed by atoms with Gasteiger partial charge in [0, 0.05) is 17.3 Å². The van der Waals surface area contributed by atoms with E-state index in [1.54, 1.807) is 0 Å². The monoisotopic (exact) mass is 275 g/mol. The van der Waals surface area contributed by atoms with Gasteiger partial charge in [0.2, 0.25) is 5.91 Å². The summed E-state index contributed by atoms with van der Waals surface area (Å²) in [6, 6.07) is 0.306.